The first kappa shape index (κ1) is 18.3. The van der Waals surface area contributed by atoms with Crippen molar-refractivity contribution in [2.45, 2.75) is 19.3 Å². The minimum absolute atomic E-state index is 0.656. The van der Waals surface area contributed by atoms with Gasteiger partial charge in [-0.05, 0) is 44.5 Å². The molecule has 0 spiro atoms. The lowest BCUT2D eigenvalue weighted by Gasteiger charge is -2.16. The van der Waals surface area contributed by atoms with Crippen molar-refractivity contribution in [1.29, 1.82) is 0 Å². The van der Waals surface area contributed by atoms with E-state index in [0.29, 0.717) is 11.5 Å². The van der Waals surface area contributed by atoms with Crippen LogP contribution in [0.15, 0.2) is 47.0 Å². The van der Waals surface area contributed by atoms with Crippen LogP contribution in [0.2, 0.25) is 0 Å². The highest BCUT2D eigenvalue weighted by Crippen LogP contribution is 2.33. The van der Waals surface area contributed by atoms with Gasteiger partial charge in [0.25, 0.3) is 0 Å². The molecule has 0 amide bonds. The van der Waals surface area contributed by atoms with Crippen molar-refractivity contribution in [3.63, 3.8) is 0 Å². The molecule has 0 unspecified atom stereocenters. The van der Waals surface area contributed by atoms with E-state index >= 15 is 0 Å². The first-order valence-corrected chi connectivity index (χ1v) is 8.94. The predicted octanol–water partition coefficient (Wildman–Crippen LogP) is 3.95. The summed E-state index contributed by atoms with van der Waals surface area (Å²) in [5.74, 6) is 1.35. The zero-order valence-corrected chi connectivity index (χ0v) is 15.7. The Morgan fingerprint density at radius 2 is 1.69 bits per heavy atom. The Bertz CT molecular complexity index is 830. The van der Waals surface area contributed by atoms with Gasteiger partial charge in [-0.1, -0.05) is 35.5 Å². The van der Waals surface area contributed by atoms with Gasteiger partial charge in [0.15, 0.2) is 17.1 Å². The minimum Gasteiger partial charge on any atom is -0.493 e. The molecule has 0 saturated carbocycles. The van der Waals surface area contributed by atoms with Crippen LogP contribution in [0, 0.1) is 0 Å². The molecule has 5 nitrogen and oxygen atoms in total. The fourth-order valence-corrected chi connectivity index (χ4v) is 3.09. The summed E-state index contributed by atoms with van der Waals surface area (Å²) >= 11 is 0. The van der Waals surface area contributed by atoms with Gasteiger partial charge >= 0.3 is 0 Å². The maximum atomic E-state index is 5.45. The van der Waals surface area contributed by atoms with Crippen LogP contribution in [0.4, 0.5) is 0 Å². The van der Waals surface area contributed by atoms with Crippen molar-refractivity contribution in [2.75, 3.05) is 34.4 Å². The Balaban J connectivity index is 1.54. The highest BCUT2D eigenvalue weighted by atomic mass is 16.5. The molecule has 1 heterocycles. The van der Waals surface area contributed by atoms with Crippen LogP contribution in [0.3, 0.4) is 0 Å². The van der Waals surface area contributed by atoms with E-state index < -0.39 is 0 Å². The van der Waals surface area contributed by atoms with E-state index in [1.165, 1.54) is 5.56 Å². The Morgan fingerprint density at radius 1 is 0.962 bits per heavy atom. The van der Waals surface area contributed by atoms with E-state index in [9.17, 15) is 0 Å². The summed E-state index contributed by atoms with van der Waals surface area (Å²) in [7, 11) is 5.42. The summed E-state index contributed by atoms with van der Waals surface area (Å²) in [6.45, 7) is 2.07. The second-order valence-electron chi connectivity index (χ2n) is 6.48. The molecule has 0 radical (unpaired) electrons. The number of likely N-dealkylation sites (N-methyl/N-ethyl adjacent to an activating group) is 1. The fourth-order valence-electron chi connectivity index (χ4n) is 3.09. The third kappa shape index (κ3) is 4.35. The van der Waals surface area contributed by atoms with Gasteiger partial charge in [-0.3, -0.25) is 0 Å². The Labute approximate surface area is 154 Å². The quantitative estimate of drug-likeness (QED) is 0.582. The minimum atomic E-state index is 0.656. The number of aromatic nitrogens is 1. The molecule has 5 heteroatoms. The summed E-state index contributed by atoms with van der Waals surface area (Å²) in [6, 6.07) is 14.4. The van der Waals surface area contributed by atoms with Crippen LogP contribution in [0.25, 0.3) is 11.0 Å². The number of nitrogens with zero attached hydrogens (tertiary/aromatic N) is 2. The molecular weight excluding hydrogens is 328 g/mol. The molecule has 0 bridgehead atoms. The van der Waals surface area contributed by atoms with E-state index in [2.05, 4.69) is 47.4 Å². The number of aryl methyl sites for hydroxylation is 1. The summed E-state index contributed by atoms with van der Waals surface area (Å²) in [5.41, 5.74) is 3.08. The van der Waals surface area contributed by atoms with Gasteiger partial charge in [-0.25, -0.2) is 0 Å². The Hall–Kier alpha value is -2.53. The van der Waals surface area contributed by atoms with Gasteiger partial charge in [-0.15, -0.1) is 0 Å². The largest absolute Gasteiger partial charge is 0.493 e. The van der Waals surface area contributed by atoms with E-state index in [1.54, 1.807) is 14.2 Å². The molecule has 26 heavy (non-hydrogen) atoms. The molecule has 0 aliphatic rings. The molecule has 2 aromatic carbocycles. The molecule has 0 saturated heterocycles. The second kappa shape index (κ2) is 8.72. The van der Waals surface area contributed by atoms with Crippen molar-refractivity contribution < 1.29 is 14.0 Å². The van der Waals surface area contributed by atoms with Crippen LogP contribution < -0.4 is 9.47 Å². The first-order chi connectivity index (χ1) is 12.7. The topological polar surface area (TPSA) is 47.7 Å². The highest BCUT2D eigenvalue weighted by molar-refractivity contribution is 5.83. The monoisotopic (exact) mass is 354 g/mol. The van der Waals surface area contributed by atoms with Crippen molar-refractivity contribution >= 4 is 11.0 Å². The number of methoxy groups -OCH3 is 2. The van der Waals surface area contributed by atoms with E-state index in [1.807, 2.05) is 12.1 Å². The van der Waals surface area contributed by atoms with Gasteiger partial charge in [-0.2, -0.15) is 0 Å². The summed E-state index contributed by atoms with van der Waals surface area (Å²) in [5, 5.41) is 5.23. The van der Waals surface area contributed by atoms with Crippen LogP contribution in [-0.4, -0.2) is 44.4 Å². The molecular formula is C21H26N2O3. The third-order valence-electron chi connectivity index (χ3n) is 4.63. The van der Waals surface area contributed by atoms with Gasteiger partial charge in [0.1, 0.15) is 0 Å². The molecule has 0 aliphatic heterocycles. The molecule has 3 rings (SSSR count). The van der Waals surface area contributed by atoms with E-state index in [-0.39, 0.29) is 0 Å². The third-order valence-corrected chi connectivity index (χ3v) is 4.63. The maximum absolute atomic E-state index is 5.45. The molecule has 1 aromatic heterocycles. The van der Waals surface area contributed by atoms with Crippen molar-refractivity contribution in [3.8, 4) is 11.5 Å². The van der Waals surface area contributed by atoms with E-state index in [0.717, 1.165) is 49.0 Å². The number of hydrogen-bond donors (Lipinski definition) is 0. The van der Waals surface area contributed by atoms with Crippen LogP contribution in [-0.2, 0) is 12.8 Å². The Kier molecular flexibility index (Phi) is 6.12. The smallest absolute Gasteiger partial charge is 0.171 e. The van der Waals surface area contributed by atoms with Crippen molar-refractivity contribution in [1.82, 2.24) is 10.1 Å². The average molecular weight is 354 g/mol. The fraction of sp³-hybridized carbons (Fsp3) is 0.381. The van der Waals surface area contributed by atoms with Crippen LogP contribution >= 0.6 is 0 Å². The lowest BCUT2D eigenvalue weighted by molar-refractivity contribution is 0.332. The van der Waals surface area contributed by atoms with Crippen molar-refractivity contribution in [2.24, 2.45) is 0 Å². The maximum Gasteiger partial charge on any atom is 0.171 e. The van der Waals surface area contributed by atoms with Crippen LogP contribution in [0.5, 0.6) is 11.5 Å². The zero-order valence-electron chi connectivity index (χ0n) is 15.7. The number of ether oxygens (including phenoxy) is 2. The van der Waals surface area contributed by atoms with Gasteiger partial charge in [0.2, 0.25) is 0 Å². The molecule has 3 aromatic rings. The molecule has 0 fully saturated rings. The molecule has 0 atom stereocenters. The van der Waals surface area contributed by atoms with Gasteiger partial charge < -0.3 is 18.9 Å². The summed E-state index contributed by atoms with van der Waals surface area (Å²) < 4.78 is 16.1. The molecule has 0 N–H and O–H groups in total. The summed E-state index contributed by atoms with van der Waals surface area (Å²) in [6.07, 6.45) is 2.97. The first-order valence-electron chi connectivity index (χ1n) is 8.94. The van der Waals surface area contributed by atoms with Gasteiger partial charge in [0.05, 0.1) is 19.9 Å². The second-order valence-corrected chi connectivity index (χ2v) is 6.48. The lowest BCUT2D eigenvalue weighted by Crippen LogP contribution is -2.22. The van der Waals surface area contributed by atoms with Crippen LogP contribution in [0.1, 0.15) is 17.7 Å². The van der Waals surface area contributed by atoms with E-state index in [4.69, 9.17) is 14.0 Å². The highest BCUT2D eigenvalue weighted by Gasteiger charge is 2.14. The van der Waals surface area contributed by atoms with Gasteiger partial charge in [0, 0.05) is 18.0 Å². The summed E-state index contributed by atoms with van der Waals surface area (Å²) in [4.78, 5) is 2.36. The lowest BCUT2D eigenvalue weighted by atomic mass is 10.1. The average Bonchev–Trinajstić information content (AvgIpc) is 3.08. The molecule has 138 valence electrons. The number of fused-ring (bicyclic) bond motifs is 1. The van der Waals surface area contributed by atoms with Crippen molar-refractivity contribution in [3.05, 3.63) is 53.7 Å². The Morgan fingerprint density at radius 3 is 2.42 bits per heavy atom. The number of hydrogen-bond acceptors (Lipinski definition) is 5. The molecule has 0 aliphatic carbocycles. The SMILES string of the molecule is COc1cc2onc(CCCN(C)CCc3ccccc3)c2cc1OC. The number of rotatable bonds is 9. The standard InChI is InChI=1S/C21H26N2O3/c1-23(13-11-16-8-5-4-6-9-16)12-7-10-18-17-14-20(24-2)21(25-3)15-19(17)26-22-18/h4-6,8-9,14-15H,7,10-13H2,1-3H3. The number of benzene rings is 2. The zero-order chi connectivity index (χ0) is 18.4. The predicted molar refractivity (Wildman–Crippen MR) is 103 cm³/mol. The normalized spacial score (nSPS) is 11.2.